The maximum absolute atomic E-state index is 13.1. The van der Waals surface area contributed by atoms with Crippen LogP contribution in [0.4, 0.5) is 13.2 Å². The molecule has 1 spiro atoms. The van der Waals surface area contributed by atoms with E-state index in [1.54, 1.807) is 0 Å². The van der Waals surface area contributed by atoms with Crippen molar-refractivity contribution in [2.75, 3.05) is 33.0 Å². The number of carbonyl (C=O) groups is 1. The molecule has 2 unspecified atom stereocenters. The molecule has 30 heavy (non-hydrogen) atoms. The summed E-state index contributed by atoms with van der Waals surface area (Å²) in [6.07, 6.45) is -1.20. The first-order valence-electron chi connectivity index (χ1n) is 10.6. The van der Waals surface area contributed by atoms with Gasteiger partial charge >= 0.3 is 12.1 Å². The third-order valence-electron chi connectivity index (χ3n) is 7.97. The molecule has 0 aromatic carbocycles. The number of alkyl halides is 3. The number of rotatable bonds is 5. The highest BCUT2D eigenvalue weighted by molar-refractivity contribution is 5.77. The van der Waals surface area contributed by atoms with Crippen molar-refractivity contribution >= 4 is 5.97 Å². The largest absolute Gasteiger partial charge is 0.464 e. The van der Waals surface area contributed by atoms with Crippen LogP contribution in [-0.4, -0.2) is 61.2 Å². The molecule has 1 saturated heterocycles. The van der Waals surface area contributed by atoms with Gasteiger partial charge in [0.25, 0.3) is 0 Å². The molecule has 5 aliphatic rings. The lowest BCUT2D eigenvalue weighted by molar-refractivity contribution is -0.391. The highest BCUT2D eigenvalue weighted by Crippen LogP contribution is 2.66. The van der Waals surface area contributed by atoms with Crippen molar-refractivity contribution in [1.29, 1.82) is 0 Å². The Kier molecular flexibility index (Phi) is 5.24. The van der Waals surface area contributed by atoms with Crippen molar-refractivity contribution in [2.45, 2.75) is 57.9 Å². The Balaban J connectivity index is 1.48. The van der Waals surface area contributed by atoms with E-state index in [0.717, 1.165) is 26.7 Å². The number of halogens is 3. The van der Waals surface area contributed by atoms with Gasteiger partial charge < -0.3 is 24.4 Å². The summed E-state index contributed by atoms with van der Waals surface area (Å²) >= 11 is 0. The average Bonchev–Trinajstić information content (AvgIpc) is 2.69. The van der Waals surface area contributed by atoms with E-state index < -0.39 is 40.8 Å². The number of carbonyl (C=O) groups excluding carboxylic acids is 1. The van der Waals surface area contributed by atoms with Crippen LogP contribution in [0.15, 0.2) is 0 Å². The Labute approximate surface area is 174 Å². The summed E-state index contributed by atoms with van der Waals surface area (Å²) in [6, 6.07) is 0. The Bertz CT molecular complexity index is 659. The minimum Gasteiger partial charge on any atom is -0.464 e. The number of aliphatic hydroxyl groups excluding tert-OH is 2. The van der Waals surface area contributed by atoms with Gasteiger partial charge in [-0.1, -0.05) is 0 Å². The zero-order chi connectivity index (χ0) is 22.0. The lowest BCUT2D eigenvalue weighted by Gasteiger charge is -2.64. The van der Waals surface area contributed by atoms with Gasteiger partial charge in [0.15, 0.2) is 5.79 Å². The van der Waals surface area contributed by atoms with Gasteiger partial charge in [-0.15, -0.1) is 0 Å². The van der Waals surface area contributed by atoms with Crippen LogP contribution in [0.25, 0.3) is 0 Å². The summed E-state index contributed by atoms with van der Waals surface area (Å²) in [5.74, 6) is -1.19. The van der Waals surface area contributed by atoms with E-state index in [1.165, 1.54) is 0 Å². The summed E-state index contributed by atoms with van der Waals surface area (Å²) < 4.78 is 57.1. The molecule has 2 atom stereocenters. The minimum atomic E-state index is -4.45. The molecule has 2 N–H and O–H groups in total. The number of esters is 1. The molecular weight excluding hydrogens is 405 g/mol. The number of hydrogen-bond donors (Lipinski definition) is 2. The van der Waals surface area contributed by atoms with E-state index in [4.69, 9.17) is 14.2 Å². The molecule has 0 amide bonds. The molecule has 172 valence electrons. The predicted octanol–water partition coefficient (Wildman–Crippen LogP) is 2.66. The van der Waals surface area contributed by atoms with Crippen LogP contribution < -0.4 is 0 Å². The highest BCUT2D eigenvalue weighted by atomic mass is 19.4. The van der Waals surface area contributed by atoms with E-state index in [0.29, 0.717) is 25.2 Å². The van der Waals surface area contributed by atoms with Crippen LogP contribution in [-0.2, 0) is 19.0 Å². The molecular formula is C21H31F3O6. The lowest BCUT2D eigenvalue weighted by atomic mass is 9.47. The SMILES string of the molecule is CC(C)(COC(=O)C12CC3CC(C1)C1(OCC(CO)(CO)CO1)C(C3)C2)C(F)(F)F. The summed E-state index contributed by atoms with van der Waals surface area (Å²) in [4.78, 5) is 13.0. The Hall–Kier alpha value is -0.900. The Morgan fingerprint density at radius 3 is 2.03 bits per heavy atom. The number of aliphatic hydroxyl groups is 2. The second-order valence-electron chi connectivity index (χ2n) is 10.7. The monoisotopic (exact) mass is 436 g/mol. The van der Waals surface area contributed by atoms with Crippen LogP contribution in [0.2, 0.25) is 0 Å². The smallest absolute Gasteiger partial charge is 0.397 e. The number of hydrogen-bond acceptors (Lipinski definition) is 6. The second-order valence-corrected chi connectivity index (χ2v) is 10.7. The molecule has 4 bridgehead atoms. The van der Waals surface area contributed by atoms with Gasteiger partial charge in [-0.25, -0.2) is 0 Å². The van der Waals surface area contributed by atoms with Crippen LogP contribution in [0.1, 0.15) is 46.0 Å². The third-order valence-corrected chi connectivity index (χ3v) is 7.97. The lowest BCUT2D eigenvalue weighted by Crippen LogP contribution is -2.68. The van der Waals surface area contributed by atoms with Gasteiger partial charge in [-0.2, -0.15) is 13.2 Å². The molecule has 5 rings (SSSR count). The fourth-order valence-electron chi connectivity index (χ4n) is 5.98. The standard InChI is InChI=1S/C21H31F3O6/c1-17(2,21(22,23)24)10-28-16(27)19-5-13-3-14(6-19)20(15(4-13)7-19)29-11-18(8-25,9-26)12-30-20/h13-15,25-26H,3-12H2,1-2H3. The van der Waals surface area contributed by atoms with Crippen molar-refractivity contribution in [3.8, 4) is 0 Å². The predicted molar refractivity (Wildman–Crippen MR) is 98.0 cm³/mol. The normalized spacial score (nSPS) is 36.8. The van der Waals surface area contributed by atoms with E-state index in [9.17, 15) is 28.2 Å². The minimum absolute atomic E-state index is 0.0534. The van der Waals surface area contributed by atoms with Crippen molar-refractivity contribution < 1.29 is 42.4 Å². The second kappa shape index (κ2) is 7.05. The highest BCUT2D eigenvalue weighted by Gasteiger charge is 2.68. The topological polar surface area (TPSA) is 85.2 Å². The number of ether oxygens (including phenoxy) is 3. The maximum Gasteiger partial charge on any atom is 0.397 e. The quantitative estimate of drug-likeness (QED) is 0.645. The molecule has 1 heterocycles. The van der Waals surface area contributed by atoms with Gasteiger partial charge in [0.2, 0.25) is 0 Å². The molecule has 0 aromatic heterocycles. The average molecular weight is 436 g/mol. The van der Waals surface area contributed by atoms with Gasteiger partial charge in [0, 0.05) is 11.8 Å². The Morgan fingerprint density at radius 1 is 1.03 bits per heavy atom. The molecule has 4 saturated carbocycles. The Morgan fingerprint density at radius 2 is 1.57 bits per heavy atom. The van der Waals surface area contributed by atoms with Crippen molar-refractivity contribution in [3.05, 3.63) is 0 Å². The zero-order valence-corrected chi connectivity index (χ0v) is 17.5. The molecule has 5 fully saturated rings. The van der Waals surface area contributed by atoms with Gasteiger partial charge in [-0.05, 0) is 51.9 Å². The van der Waals surface area contributed by atoms with E-state index >= 15 is 0 Å². The van der Waals surface area contributed by atoms with Gasteiger partial charge in [0.05, 0.1) is 42.7 Å². The summed E-state index contributed by atoms with van der Waals surface area (Å²) in [5, 5.41) is 19.2. The van der Waals surface area contributed by atoms with Crippen molar-refractivity contribution in [2.24, 2.45) is 34.0 Å². The van der Waals surface area contributed by atoms with Crippen molar-refractivity contribution in [1.82, 2.24) is 0 Å². The van der Waals surface area contributed by atoms with Crippen LogP contribution in [0, 0.1) is 34.0 Å². The summed E-state index contributed by atoms with van der Waals surface area (Å²) in [5.41, 5.74) is -3.71. The first-order chi connectivity index (χ1) is 13.9. The summed E-state index contributed by atoms with van der Waals surface area (Å²) in [6.45, 7) is 1.24. The summed E-state index contributed by atoms with van der Waals surface area (Å²) in [7, 11) is 0. The zero-order valence-electron chi connectivity index (χ0n) is 17.5. The molecule has 0 aromatic rings. The molecule has 1 aliphatic heterocycles. The van der Waals surface area contributed by atoms with E-state index in [-0.39, 0.29) is 38.3 Å². The van der Waals surface area contributed by atoms with Crippen LogP contribution in [0.5, 0.6) is 0 Å². The van der Waals surface area contributed by atoms with Crippen molar-refractivity contribution in [3.63, 3.8) is 0 Å². The van der Waals surface area contributed by atoms with Crippen LogP contribution in [0.3, 0.4) is 0 Å². The molecule has 9 heteroatoms. The van der Waals surface area contributed by atoms with Gasteiger partial charge in [-0.3, -0.25) is 4.79 Å². The fourth-order valence-corrected chi connectivity index (χ4v) is 5.98. The molecule has 4 aliphatic carbocycles. The first kappa shape index (κ1) is 22.3. The van der Waals surface area contributed by atoms with E-state index in [1.807, 2.05) is 0 Å². The maximum atomic E-state index is 13.1. The first-order valence-corrected chi connectivity index (χ1v) is 10.6. The van der Waals surface area contributed by atoms with Crippen LogP contribution >= 0.6 is 0 Å². The van der Waals surface area contributed by atoms with Gasteiger partial charge in [0.1, 0.15) is 6.61 Å². The third kappa shape index (κ3) is 3.27. The fraction of sp³-hybridized carbons (Fsp3) is 0.952. The van der Waals surface area contributed by atoms with E-state index in [2.05, 4.69) is 0 Å². The molecule has 0 radical (unpaired) electrons. The molecule has 6 nitrogen and oxygen atoms in total.